The minimum absolute atomic E-state index is 0.140. The first-order valence-corrected chi connectivity index (χ1v) is 13.0. The molecule has 2 atom stereocenters. The van der Waals surface area contributed by atoms with Crippen molar-refractivity contribution in [2.45, 2.75) is 11.3 Å². The van der Waals surface area contributed by atoms with Crippen LogP contribution in [0.2, 0.25) is 0 Å². The van der Waals surface area contributed by atoms with Crippen LogP contribution < -0.4 is 10.3 Å². The van der Waals surface area contributed by atoms with Crippen LogP contribution in [0.4, 0.5) is 11.4 Å². The Bertz CT molecular complexity index is 1740. The maximum Gasteiger partial charge on any atom is 0.271 e. The highest BCUT2D eigenvalue weighted by Crippen LogP contribution is 2.63. The quantitative estimate of drug-likeness (QED) is 0.175. The summed E-state index contributed by atoms with van der Waals surface area (Å²) in [5, 5.41) is 15.6. The predicted molar refractivity (Wildman–Crippen MR) is 148 cm³/mol. The van der Waals surface area contributed by atoms with E-state index in [0.29, 0.717) is 5.56 Å². The lowest BCUT2D eigenvalue weighted by Crippen LogP contribution is -2.54. The number of carbonyl (C=O) groups excluding carboxylic acids is 3. The van der Waals surface area contributed by atoms with Crippen LogP contribution in [0.3, 0.4) is 0 Å². The molecule has 3 aromatic carbocycles. The molecule has 1 fully saturated rings. The molecule has 1 N–H and O–H groups in total. The van der Waals surface area contributed by atoms with Gasteiger partial charge in [-0.15, -0.1) is 0 Å². The zero-order chi connectivity index (χ0) is 28.3. The number of nitro groups is 1. The molecule has 0 unspecified atom stereocenters. The molecule has 2 bridgehead atoms. The van der Waals surface area contributed by atoms with Crippen molar-refractivity contribution in [3.05, 3.63) is 135 Å². The molecule has 10 nitrogen and oxygen atoms in total. The van der Waals surface area contributed by atoms with Gasteiger partial charge in [0, 0.05) is 42.2 Å². The highest BCUT2D eigenvalue weighted by Gasteiger charge is 2.68. The van der Waals surface area contributed by atoms with Crippen LogP contribution in [-0.2, 0) is 15.0 Å². The number of anilines is 1. The van der Waals surface area contributed by atoms with Crippen LogP contribution in [0.15, 0.2) is 102 Å². The van der Waals surface area contributed by atoms with Gasteiger partial charge in [0.2, 0.25) is 11.8 Å². The van der Waals surface area contributed by atoms with Crippen LogP contribution >= 0.6 is 0 Å². The van der Waals surface area contributed by atoms with Crippen molar-refractivity contribution in [1.29, 1.82) is 0 Å². The summed E-state index contributed by atoms with van der Waals surface area (Å²) in [6.07, 6.45) is 4.60. The van der Waals surface area contributed by atoms with Crippen LogP contribution in [0.1, 0.15) is 38.5 Å². The zero-order valence-corrected chi connectivity index (χ0v) is 21.4. The van der Waals surface area contributed by atoms with Crippen molar-refractivity contribution < 1.29 is 19.3 Å². The van der Waals surface area contributed by atoms with E-state index in [0.717, 1.165) is 27.2 Å². The molecule has 1 aromatic heterocycles. The number of aromatic nitrogens is 1. The van der Waals surface area contributed by atoms with Crippen LogP contribution in [0.25, 0.3) is 0 Å². The molecule has 3 aliphatic carbocycles. The van der Waals surface area contributed by atoms with E-state index in [2.05, 4.69) is 15.5 Å². The second-order valence-corrected chi connectivity index (χ2v) is 10.2. The standard InChI is InChI=1S/C31H21N5O5/c37-28(18-13-15-32-16-14-18)34-33-17-31-23-7-3-1-5-21(23)25(22-6-2-4-8-24(22)31)26-27(31)30(39)35(29(26)38)19-9-11-20(12-10-19)36(40)41/h1-17,25-27H,(H,34,37)/b33-17-/t25?,26-,27-,31?/m0/s1. The van der Waals surface area contributed by atoms with Gasteiger partial charge in [0.1, 0.15) is 0 Å². The van der Waals surface area contributed by atoms with Gasteiger partial charge < -0.3 is 0 Å². The van der Waals surface area contributed by atoms with E-state index < -0.39 is 34.0 Å². The van der Waals surface area contributed by atoms with Crippen LogP contribution in [0, 0.1) is 22.0 Å². The molecule has 2 heterocycles. The average molecular weight is 544 g/mol. The molecule has 8 rings (SSSR count). The highest BCUT2D eigenvalue weighted by molar-refractivity contribution is 6.25. The number of non-ortho nitro benzene ring substituents is 1. The van der Waals surface area contributed by atoms with E-state index in [1.54, 1.807) is 18.3 Å². The monoisotopic (exact) mass is 543 g/mol. The van der Waals surface area contributed by atoms with Crippen molar-refractivity contribution in [3.63, 3.8) is 0 Å². The van der Waals surface area contributed by atoms with E-state index in [1.165, 1.54) is 36.7 Å². The number of imide groups is 1. The molecule has 0 radical (unpaired) electrons. The number of pyridine rings is 1. The third-order valence-corrected chi connectivity index (χ3v) is 8.38. The Hall–Kier alpha value is -5.51. The van der Waals surface area contributed by atoms with E-state index in [1.807, 2.05) is 48.5 Å². The summed E-state index contributed by atoms with van der Waals surface area (Å²) < 4.78 is 0. The Morgan fingerprint density at radius 3 is 2.12 bits per heavy atom. The first-order valence-electron chi connectivity index (χ1n) is 13.0. The Morgan fingerprint density at radius 2 is 1.51 bits per heavy atom. The highest BCUT2D eigenvalue weighted by atomic mass is 16.6. The molecule has 3 amide bonds. The predicted octanol–water partition coefficient (Wildman–Crippen LogP) is 3.96. The largest absolute Gasteiger partial charge is 0.274 e. The van der Waals surface area contributed by atoms with E-state index >= 15 is 0 Å². The van der Waals surface area contributed by atoms with Gasteiger partial charge in [0.15, 0.2) is 0 Å². The topological polar surface area (TPSA) is 135 Å². The van der Waals surface area contributed by atoms with Gasteiger partial charge in [-0.2, -0.15) is 5.10 Å². The second kappa shape index (κ2) is 9.02. The second-order valence-electron chi connectivity index (χ2n) is 10.2. The number of rotatable bonds is 5. The Balaban J connectivity index is 1.39. The maximum atomic E-state index is 14.3. The van der Waals surface area contributed by atoms with Crippen molar-refractivity contribution in [2.75, 3.05) is 4.90 Å². The van der Waals surface area contributed by atoms with Gasteiger partial charge in [-0.05, 0) is 46.5 Å². The molecular weight excluding hydrogens is 522 g/mol. The van der Waals surface area contributed by atoms with E-state index in [4.69, 9.17) is 0 Å². The minimum atomic E-state index is -1.15. The van der Waals surface area contributed by atoms with Gasteiger partial charge in [-0.3, -0.25) is 29.5 Å². The molecule has 200 valence electrons. The Labute approximate surface area is 233 Å². The van der Waals surface area contributed by atoms with E-state index in [-0.39, 0.29) is 23.2 Å². The number of nitrogens with zero attached hydrogens (tertiary/aromatic N) is 4. The van der Waals surface area contributed by atoms with Crippen LogP contribution in [0.5, 0.6) is 0 Å². The summed E-state index contributed by atoms with van der Waals surface area (Å²) >= 11 is 0. The molecule has 41 heavy (non-hydrogen) atoms. The normalized spacial score (nSPS) is 23.7. The fraction of sp³-hybridized carbons (Fsp3) is 0.129. The summed E-state index contributed by atoms with van der Waals surface area (Å²) in [6.45, 7) is 0. The Morgan fingerprint density at radius 1 is 0.902 bits per heavy atom. The van der Waals surface area contributed by atoms with Gasteiger partial charge in [-0.1, -0.05) is 48.5 Å². The number of hydrogen-bond acceptors (Lipinski definition) is 7. The first-order chi connectivity index (χ1) is 19.9. The third kappa shape index (κ3) is 3.40. The number of nitrogens with one attached hydrogen (secondary N) is 1. The maximum absolute atomic E-state index is 14.3. The molecule has 4 aromatic rings. The van der Waals surface area contributed by atoms with Gasteiger partial charge >= 0.3 is 0 Å². The first kappa shape index (κ1) is 24.5. The number of amides is 3. The molecule has 10 heteroatoms. The lowest BCUT2D eigenvalue weighted by atomic mass is 9.47. The van der Waals surface area contributed by atoms with Crippen molar-refractivity contribution in [2.24, 2.45) is 16.9 Å². The number of hydrazone groups is 1. The molecule has 1 saturated heterocycles. The zero-order valence-electron chi connectivity index (χ0n) is 21.4. The van der Waals surface area contributed by atoms with Gasteiger partial charge in [0.25, 0.3) is 11.6 Å². The lowest BCUT2D eigenvalue weighted by Gasteiger charge is -2.52. The fourth-order valence-corrected chi connectivity index (χ4v) is 6.79. The molecule has 0 spiro atoms. The van der Waals surface area contributed by atoms with Crippen LogP contribution in [-0.4, -0.2) is 33.8 Å². The molecule has 1 aliphatic heterocycles. The van der Waals surface area contributed by atoms with Crippen molar-refractivity contribution >= 4 is 35.3 Å². The fourth-order valence-electron chi connectivity index (χ4n) is 6.79. The molecular formula is C31H21N5O5. The average Bonchev–Trinajstić information content (AvgIpc) is 3.28. The Kier molecular flexibility index (Phi) is 5.40. The van der Waals surface area contributed by atoms with Crippen molar-refractivity contribution in [3.8, 4) is 0 Å². The third-order valence-electron chi connectivity index (χ3n) is 8.38. The van der Waals surface area contributed by atoms with Gasteiger partial charge in [-0.25, -0.2) is 10.3 Å². The van der Waals surface area contributed by atoms with Gasteiger partial charge in [0.05, 0.1) is 27.9 Å². The number of benzene rings is 3. The number of hydrogen-bond donors (Lipinski definition) is 1. The summed E-state index contributed by atoms with van der Waals surface area (Å²) in [5.41, 5.74) is 5.46. The van der Waals surface area contributed by atoms with E-state index in [9.17, 15) is 24.5 Å². The summed E-state index contributed by atoms with van der Waals surface area (Å²) in [6, 6.07) is 23.9. The number of nitro benzene ring substituents is 1. The summed E-state index contributed by atoms with van der Waals surface area (Å²) in [4.78, 5) is 57.0. The molecule has 0 saturated carbocycles. The smallest absolute Gasteiger partial charge is 0.271 e. The SMILES string of the molecule is O=C(N/N=C\C12c3ccccc3C(c3ccccc31)[C@@H]1C(=O)N(c3ccc([N+](=O)[O-])cc3)C(=O)[C@H]12)c1ccncc1. The number of carbonyl (C=O) groups is 3. The summed E-state index contributed by atoms with van der Waals surface area (Å²) in [5.74, 6) is -3.18. The lowest BCUT2D eigenvalue weighted by molar-refractivity contribution is -0.384. The minimum Gasteiger partial charge on any atom is -0.274 e. The summed E-state index contributed by atoms with van der Waals surface area (Å²) in [7, 11) is 0. The molecule has 4 aliphatic rings. The van der Waals surface area contributed by atoms with Crippen molar-refractivity contribution in [1.82, 2.24) is 10.4 Å².